The van der Waals surface area contributed by atoms with Crippen LogP contribution >= 0.6 is 0 Å². The molecular weight excluding hydrogens is 294 g/mol. The first kappa shape index (κ1) is 14.9. The third-order valence-corrected chi connectivity index (χ3v) is 3.61. The van der Waals surface area contributed by atoms with Crippen LogP contribution < -0.4 is 14.8 Å². The minimum atomic E-state index is -0.349. The molecule has 23 heavy (non-hydrogen) atoms. The molecule has 0 saturated heterocycles. The zero-order valence-electron chi connectivity index (χ0n) is 13.2. The predicted octanol–water partition coefficient (Wildman–Crippen LogP) is 3.44. The molecule has 0 saturated carbocycles. The highest BCUT2D eigenvalue weighted by molar-refractivity contribution is 5.98. The molecule has 3 aromatic rings. The number of nitrogens with zero attached hydrogens (tertiary/aromatic N) is 2. The third-order valence-electron chi connectivity index (χ3n) is 3.61. The van der Waals surface area contributed by atoms with E-state index in [-0.39, 0.29) is 6.03 Å². The molecule has 1 N–H and O–H groups in total. The van der Waals surface area contributed by atoms with Crippen molar-refractivity contribution < 1.29 is 14.3 Å². The Hall–Kier alpha value is -3.02. The molecule has 0 radical (unpaired) electrons. The van der Waals surface area contributed by atoms with E-state index in [1.54, 1.807) is 25.3 Å². The molecule has 6 heteroatoms. The lowest BCUT2D eigenvalue weighted by molar-refractivity contribution is 0.251. The lowest BCUT2D eigenvalue weighted by Gasteiger charge is -2.11. The Kier molecular flexibility index (Phi) is 3.89. The lowest BCUT2D eigenvalue weighted by Crippen LogP contribution is -2.21. The molecular formula is C17H17N3O3. The van der Waals surface area contributed by atoms with E-state index in [0.717, 1.165) is 16.6 Å². The van der Waals surface area contributed by atoms with Crippen molar-refractivity contribution in [3.05, 3.63) is 48.2 Å². The normalized spacial score (nSPS) is 10.6. The number of carbonyl (C=O) groups is 1. The molecule has 6 nitrogen and oxygen atoms in total. The van der Waals surface area contributed by atoms with Crippen LogP contribution in [0.15, 0.2) is 42.5 Å². The maximum absolute atomic E-state index is 12.6. The number of nitrogens with one attached hydrogen (secondary N) is 1. The van der Waals surface area contributed by atoms with Gasteiger partial charge >= 0.3 is 6.03 Å². The van der Waals surface area contributed by atoms with E-state index >= 15 is 0 Å². The second-order valence-corrected chi connectivity index (χ2v) is 5.01. The van der Waals surface area contributed by atoms with Gasteiger partial charge in [0.05, 0.1) is 31.1 Å². The monoisotopic (exact) mass is 311 g/mol. The predicted molar refractivity (Wildman–Crippen MR) is 88.4 cm³/mol. The quantitative estimate of drug-likeness (QED) is 0.804. The fourth-order valence-corrected chi connectivity index (χ4v) is 2.45. The molecule has 1 heterocycles. The van der Waals surface area contributed by atoms with E-state index in [1.165, 1.54) is 11.8 Å². The lowest BCUT2D eigenvalue weighted by atomic mass is 10.2. The highest BCUT2D eigenvalue weighted by Gasteiger charge is 2.15. The number of hydrogen-bond acceptors (Lipinski definition) is 4. The molecule has 0 unspecified atom stereocenters. The smallest absolute Gasteiger partial charge is 0.347 e. The van der Waals surface area contributed by atoms with Gasteiger partial charge in [0.1, 0.15) is 11.5 Å². The molecule has 0 atom stereocenters. The molecule has 1 amide bonds. The SMILES string of the molecule is COc1ccc(NC(=O)n2nc(C)c3ccccc32)c(OC)c1. The molecule has 0 fully saturated rings. The average molecular weight is 311 g/mol. The first-order chi connectivity index (χ1) is 11.1. The van der Waals surface area contributed by atoms with Gasteiger partial charge in [-0.25, -0.2) is 4.79 Å². The maximum Gasteiger partial charge on any atom is 0.347 e. The van der Waals surface area contributed by atoms with Crippen molar-refractivity contribution in [2.24, 2.45) is 0 Å². The summed E-state index contributed by atoms with van der Waals surface area (Å²) in [6.07, 6.45) is 0. The minimum Gasteiger partial charge on any atom is -0.497 e. The summed E-state index contributed by atoms with van der Waals surface area (Å²) >= 11 is 0. The number of ether oxygens (including phenoxy) is 2. The summed E-state index contributed by atoms with van der Waals surface area (Å²) in [6.45, 7) is 1.88. The van der Waals surface area contributed by atoms with Crippen molar-refractivity contribution in [2.45, 2.75) is 6.92 Å². The molecule has 0 aliphatic rings. The summed E-state index contributed by atoms with van der Waals surface area (Å²) < 4.78 is 11.8. The molecule has 0 aliphatic carbocycles. The van der Waals surface area contributed by atoms with Gasteiger partial charge in [0.15, 0.2) is 0 Å². The van der Waals surface area contributed by atoms with Gasteiger partial charge in [0.2, 0.25) is 0 Å². The number of rotatable bonds is 3. The van der Waals surface area contributed by atoms with Crippen molar-refractivity contribution in [3.8, 4) is 11.5 Å². The van der Waals surface area contributed by atoms with E-state index in [1.807, 2.05) is 31.2 Å². The fraction of sp³-hybridized carbons (Fsp3) is 0.176. The molecule has 118 valence electrons. The Morgan fingerprint density at radius 3 is 2.65 bits per heavy atom. The molecule has 0 spiro atoms. The van der Waals surface area contributed by atoms with Crippen LogP contribution in [0.5, 0.6) is 11.5 Å². The number of carbonyl (C=O) groups excluding carboxylic acids is 1. The van der Waals surface area contributed by atoms with Crippen molar-refractivity contribution >= 4 is 22.6 Å². The van der Waals surface area contributed by atoms with Gasteiger partial charge in [-0.1, -0.05) is 18.2 Å². The summed E-state index contributed by atoms with van der Waals surface area (Å²) in [7, 11) is 3.11. The fourth-order valence-electron chi connectivity index (χ4n) is 2.45. The van der Waals surface area contributed by atoms with Gasteiger partial charge in [-0.2, -0.15) is 9.78 Å². The Morgan fingerprint density at radius 2 is 1.91 bits per heavy atom. The Bertz CT molecular complexity index is 871. The van der Waals surface area contributed by atoms with Crippen LogP contribution in [-0.2, 0) is 0 Å². The number of benzene rings is 2. The molecule has 1 aromatic heterocycles. The second-order valence-electron chi connectivity index (χ2n) is 5.01. The van der Waals surface area contributed by atoms with Gasteiger partial charge in [-0.3, -0.25) is 0 Å². The van der Waals surface area contributed by atoms with Crippen molar-refractivity contribution in [1.82, 2.24) is 9.78 Å². The van der Waals surface area contributed by atoms with Crippen LogP contribution in [0.4, 0.5) is 10.5 Å². The number of methoxy groups -OCH3 is 2. The van der Waals surface area contributed by atoms with Gasteiger partial charge in [-0.05, 0) is 25.1 Å². The number of amides is 1. The average Bonchev–Trinajstić information content (AvgIpc) is 2.92. The molecule has 2 aromatic carbocycles. The zero-order valence-corrected chi connectivity index (χ0v) is 13.2. The number of aromatic nitrogens is 2. The molecule has 0 bridgehead atoms. The number of para-hydroxylation sites is 1. The van der Waals surface area contributed by atoms with E-state index in [9.17, 15) is 4.79 Å². The summed E-state index contributed by atoms with van der Waals surface area (Å²) in [6, 6.07) is 12.4. The number of aryl methyl sites for hydroxylation is 1. The van der Waals surface area contributed by atoms with Gasteiger partial charge in [0.25, 0.3) is 0 Å². The largest absolute Gasteiger partial charge is 0.497 e. The van der Waals surface area contributed by atoms with Gasteiger partial charge in [-0.15, -0.1) is 0 Å². The number of anilines is 1. The van der Waals surface area contributed by atoms with E-state index in [2.05, 4.69) is 10.4 Å². The first-order valence-electron chi connectivity index (χ1n) is 7.12. The summed E-state index contributed by atoms with van der Waals surface area (Å²) in [4.78, 5) is 12.6. The van der Waals surface area contributed by atoms with E-state index in [0.29, 0.717) is 17.2 Å². The number of hydrogen-bond donors (Lipinski definition) is 1. The Balaban J connectivity index is 1.95. The zero-order chi connectivity index (χ0) is 16.4. The first-order valence-corrected chi connectivity index (χ1v) is 7.12. The van der Waals surface area contributed by atoms with E-state index < -0.39 is 0 Å². The van der Waals surface area contributed by atoms with Crippen LogP contribution in [0.1, 0.15) is 5.69 Å². The summed E-state index contributed by atoms with van der Waals surface area (Å²) in [5.74, 6) is 1.17. The van der Waals surface area contributed by atoms with Crippen LogP contribution in [0.3, 0.4) is 0 Å². The van der Waals surface area contributed by atoms with E-state index in [4.69, 9.17) is 9.47 Å². The van der Waals surface area contributed by atoms with Crippen LogP contribution in [0, 0.1) is 6.92 Å². The van der Waals surface area contributed by atoms with Crippen LogP contribution in [-0.4, -0.2) is 30.0 Å². The van der Waals surface area contributed by atoms with Crippen LogP contribution in [0.2, 0.25) is 0 Å². The number of fused-ring (bicyclic) bond motifs is 1. The summed E-state index contributed by atoms with van der Waals surface area (Å²) in [5, 5.41) is 8.08. The van der Waals surface area contributed by atoms with Crippen LogP contribution in [0.25, 0.3) is 10.9 Å². The maximum atomic E-state index is 12.6. The van der Waals surface area contributed by atoms with Crippen molar-refractivity contribution in [2.75, 3.05) is 19.5 Å². The standard InChI is InChI=1S/C17H17N3O3/c1-11-13-6-4-5-7-15(13)20(19-11)17(21)18-14-9-8-12(22-2)10-16(14)23-3/h4-10H,1-3H3,(H,18,21). The second kappa shape index (κ2) is 6.00. The molecule has 3 rings (SSSR count). The summed E-state index contributed by atoms with van der Waals surface area (Å²) in [5.41, 5.74) is 2.11. The van der Waals surface area contributed by atoms with Gasteiger partial charge in [0, 0.05) is 11.5 Å². The Morgan fingerprint density at radius 1 is 1.13 bits per heavy atom. The Labute approximate surface area is 133 Å². The highest BCUT2D eigenvalue weighted by Crippen LogP contribution is 2.29. The van der Waals surface area contributed by atoms with Gasteiger partial charge < -0.3 is 14.8 Å². The highest BCUT2D eigenvalue weighted by atomic mass is 16.5. The van der Waals surface area contributed by atoms with Crippen molar-refractivity contribution in [1.29, 1.82) is 0 Å². The molecule has 0 aliphatic heterocycles. The topological polar surface area (TPSA) is 65.4 Å². The minimum absolute atomic E-state index is 0.349. The third kappa shape index (κ3) is 2.70. The van der Waals surface area contributed by atoms with Crippen molar-refractivity contribution in [3.63, 3.8) is 0 Å².